The molecule has 0 bridgehead atoms. The van der Waals surface area contributed by atoms with Crippen LogP contribution in [0, 0.1) is 0 Å². The van der Waals surface area contributed by atoms with E-state index < -0.39 is 0 Å². The van der Waals surface area contributed by atoms with Crippen LogP contribution in [0.3, 0.4) is 0 Å². The van der Waals surface area contributed by atoms with Crippen LogP contribution in [-0.2, 0) is 9.53 Å². The first-order chi connectivity index (χ1) is 6.84. The van der Waals surface area contributed by atoms with E-state index in [-0.39, 0.29) is 12.0 Å². The highest BCUT2D eigenvalue weighted by Gasteiger charge is 2.21. The number of hydrogen-bond acceptors (Lipinski definition) is 3. The molecule has 0 saturated carbocycles. The Bertz CT molecular complexity index is 165. The third-order valence-electron chi connectivity index (χ3n) is 2.54. The second kappa shape index (κ2) is 6.96. The smallest absolute Gasteiger partial charge is 0.176 e. The van der Waals surface area contributed by atoms with Gasteiger partial charge in [-0.3, -0.25) is 10.1 Å². The van der Waals surface area contributed by atoms with E-state index in [0.717, 1.165) is 13.0 Å². The molecule has 0 aromatic carbocycles. The van der Waals surface area contributed by atoms with E-state index in [9.17, 15) is 4.79 Å². The van der Waals surface area contributed by atoms with Crippen molar-refractivity contribution in [1.82, 2.24) is 5.32 Å². The molecule has 14 heavy (non-hydrogen) atoms. The fourth-order valence-electron chi connectivity index (χ4n) is 1.67. The Morgan fingerprint density at radius 1 is 1.36 bits per heavy atom. The zero-order chi connectivity index (χ0) is 10.2. The van der Waals surface area contributed by atoms with Crippen molar-refractivity contribution >= 4 is 5.78 Å². The van der Waals surface area contributed by atoms with Crippen LogP contribution >= 0.6 is 0 Å². The summed E-state index contributed by atoms with van der Waals surface area (Å²) in [5, 5.41) is 3.04. The summed E-state index contributed by atoms with van der Waals surface area (Å²) >= 11 is 0. The maximum atomic E-state index is 11.5. The molecule has 0 aromatic rings. The second-order valence-electron chi connectivity index (χ2n) is 3.84. The summed E-state index contributed by atoms with van der Waals surface area (Å²) in [4.78, 5) is 11.5. The largest absolute Gasteiger partial charge is 0.355 e. The number of Topliss-reactive ketones (excluding diaryl/α,β-unsaturated/α-hetero) is 1. The van der Waals surface area contributed by atoms with E-state index in [1.807, 2.05) is 0 Å². The molecule has 0 aromatic heterocycles. The Morgan fingerprint density at radius 3 is 2.79 bits per heavy atom. The normalized spacial score (nSPS) is 21.4. The fourth-order valence-corrected chi connectivity index (χ4v) is 1.67. The van der Waals surface area contributed by atoms with Crippen molar-refractivity contribution in [2.24, 2.45) is 0 Å². The number of ketones is 1. The van der Waals surface area contributed by atoms with Gasteiger partial charge >= 0.3 is 0 Å². The lowest BCUT2D eigenvalue weighted by Crippen LogP contribution is -2.31. The number of carbonyl (C=O) groups excluding carboxylic acids is 1. The first kappa shape index (κ1) is 11.7. The molecule has 1 saturated heterocycles. The van der Waals surface area contributed by atoms with Gasteiger partial charge in [0.1, 0.15) is 0 Å². The van der Waals surface area contributed by atoms with Crippen molar-refractivity contribution < 1.29 is 9.53 Å². The van der Waals surface area contributed by atoms with Crippen molar-refractivity contribution in [1.29, 1.82) is 0 Å². The number of nitrogens with one attached hydrogen (secondary N) is 1. The van der Waals surface area contributed by atoms with Crippen LogP contribution in [0.1, 0.15) is 45.4 Å². The van der Waals surface area contributed by atoms with E-state index >= 15 is 0 Å². The minimum absolute atomic E-state index is 0.221. The molecule has 0 aliphatic carbocycles. The number of hydrogen-bond donors (Lipinski definition) is 1. The molecule has 3 nitrogen and oxygen atoms in total. The molecule has 82 valence electrons. The molecule has 1 aliphatic heterocycles. The first-order valence-electron chi connectivity index (χ1n) is 5.72. The van der Waals surface area contributed by atoms with Crippen molar-refractivity contribution in [2.45, 2.75) is 51.7 Å². The Balaban J connectivity index is 1.97. The third kappa shape index (κ3) is 4.20. The van der Waals surface area contributed by atoms with E-state index in [1.165, 1.54) is 25.7 Å². The molecule has 1 N–H and O–H groups in total. The molecule has 1 unspecified atom stereocenters. The van der Waals surface area contributed by atoms with Gasteiger partial charge in [0.2, 0.25) is 0 Å². The summed E-state index contributed by atoms with van der Waals surface area (Å²) in [6.07, 6.45) is 6.34. The lowest BCUT2D eigenvalue weighted by atomic mass is 10.1. The predicted octanol–water partition coefficient (Wildman–Crippen LogP) is 1.86. The second-order valence-corrected chi connectivity index (χ2v) is 3.84. The molecule has 1 heterocycles. The van der Waals surface area contributed by atoms with E-state index in [2.05, 4.69) is 12.2 Å². The average molecular weight is 199 g/mol. The monoisotopic (exact) mass is 199 g/mol. The van der Waals surface area contributed by atoms with Gasteiger partial charge in [-0.1, -0.05) is 32.6 Å². The van der Waals surface area contributed by atoms with Gasteiger partial charge in [0.05, 0.1) is 6.61 Å². The van der Waals surface area contributed by atoms with Gasteiger partial charge in [0, 0.05) is 13.0 Å². The Morgan fingerprint density at radius 2 is 2.14 bits per heavy atom. The van der Waals surface area contributed by atoms with Crippen LogP contribution in [0.2, 0.25) is 0 Å². The SMILES string of the molecule is CCCCCCCC(=O)C1NCCO1. The molecule has 1 fully saturated rings. The van der Waals surface area contributed by atoms with Crippen LogP contribution in [0.15, 0.2) is 0 Å². The minimum Gasteiger partial charge on any atom is -0.355 e. The molecule has 1 rings (SSSR count). The van der Waals surface area contributed by atoms with Crippen molar-refractivity contribution in [2.75, 3.05) is 13.2 Å². The standard InChI is InChI=1S/C11H21NO2/c1-2-3-4-5-6-7-10(13)11-12-8-9-14-11/h11-12H,2-9H2,1H3. The summed E-state index contributed by atoms with van der Waals surface area (Å²) in [7, 11) is 0. The highest BCUT2D eigenvalue weighted by atomic mass is 16.5. The van der Waals surface area contributed by atoms with Crippen LogP contribution < -0.4 is 5.32 Å². The van der Waals surface area contributed by atoms with Crippen LogP contribution in [0.5, 0.6) is 0 Å². The number of rotatable bonds is 7. The van der Waals surface area contributed by atoms with Crippen molar-refractivity contribution in [3.8, 4) is 0 Å². The first-order valence-corrected chi connectivity index (χ1v) is 5.72. The molecule has 1 atom stereocenters. The Labute approximate surface area is 86.2 Å². The molecule has 1 aliphatic rings. The third-order valence-corrected chi connectivity index (χ3v) is 2.54. The summed E-state index contributed by atoms with van der Waals surface area (Å²) in [6, 6.07) is 0. The Hall–Kier alpha value is -0.410. The highest BCUT2D eigenvalue weighted by Crippen LogP contribution is 2.08. The average Bonchev–Trinajstić information content (AvgIpc) is 2.70. The van der Waals surface area contributed by atoms with Gasteiger partial charge in [-0.25, -0.2) is 0 Å². The quantitative estimate of drug-likeness (QED) is 0.636. The van der Waals surface area contributed by atoms with Crippen molar-refractivity contribution in [3.63, 3.8) is 0 Å². The van der Waals surface area contributed by atoms with Crippen molar-refractivity contribution in [3.05, 3.63) is 0 Å². The van der Waals surface area contributed by atoms with Crippen LogP contribution in [-0.4, -0.2) is 25.2 Å². The van der Waals surface area contributed by atoms with E-state index in [4.69, 9.17) is 4.74 Å². The van der Waals surface area contributed by atoms with Gasteiger partial charge in [-0.05, 0) is 6.42 Å². The minimum atomic E-state index is -0.304. The van der Waals surface area contributed by atoms with Crippen LogP contribution in [0.4, 0.5) is 0 Å². The van der Waals surface area contributed by atoms with Gasteiger partial charge in [0.15, 0.2) is 12.0 Å². The summed E-state index contributed by atoms with van der Waals surface area (Å²) in [5.74, 6) is 0.221. The summed E-state index contributed by atoms with van der Waals surface area (Å²) in [5.41, 5.74) is 0. The maximum Gasteiger partial charge on any atom is 0.176 e. The van der Waals surface area contributed by atoms with E-state index in [1.54, 1.807) is 0 Å². The van der Waals surface area contributed by atoms with Gasteiger partial charge in [0.25, 0.3) is 0 Å². The topological polar surface area (TPSA) is 38.3 Å². The lowest BCUT2D eigenvalue weighted by Gasteiger charge is -2.07. The number of ether oxygens (including phenoxy) is 1. The molecular weight excluding hydrogens is 178 g/mol. The van der Waals surface area contributed by atoms with E-state index in [0.29, 0.717) is 13.0 Å². The van der Waals surface area contributed by atoms with Crippen LogP contribution in [0.25, 0.3) is 0 Å². The molecule has 0 radical (unpaired) electrons. The number of carbonyl (C=O) groups is 1. The Kier molecular flexibility index (Phi) is 5.80. The zero-order valence-electron chi connectivity index (χ0n) is 9.05. The fraction of sp³-hybridized carbons (Fsp3) is 0.909. The summed E-state index contributed by atoms with van der Waals surface area (Å²) in [6.45, 7) is 3.68. The maximum absolute atomic E-state index is 11.5. The lowest BCUT2D eigenvalue weighted by molar-refractivity contribution is -0.128. The van der Waals surface area contributed by atoms with Gasteiger partial charge < -0.3 is 4.74 Å². The summed E-state index contributed by atoms with van der Waals surface area (Å²) < 4.78 is 5.23. The molecule has 0 spiro atoms. The zero-order valence-corrected chi connectivity index (χ0v) is 9.05. The highest BCUT2D eigenvalue weighted by molar-refractivity contribution is 5.82. The molecular formula is C11H21NO2. The predicted molar refractivity (Wildman–Crippen MR) is 56.1 cm³/mol. The molecule has 3 heteroatoms. The van der Waals surface area contributed by atoms with Gasteiger partial charge in [-0.2, -0.15) is 0 Å². The molecule has 0 amide bonds. The number of unbranched alkanes of at least 4 members (excludes halogenated alkanes) is 4. The van der Waals surface area contributed by atoms with Gasteiger partial charge in [-0.15, -0.1) is 0 Å².